The summed E-state index contributed by atoms with van der Waals surface area (Å²) in [6.07, 6.45) is -0.0168. The molecule has 2 unspecified atom stereocenters. The zero-order valence-corrected chi connectivity index (χ0v) is 8.23. The molecule has 12 heavy (non-hydrogen) atoms. The van der Waals surface area contributed by atoms with Gasteiger partial charge in [0, 0.05) is 16.6 Å². The minimum Gasteiger partial charge on any atom is -0.382 e. The van der Waals surface area contributed by atoms with Crippen LogP contribution in [0.5, 0.6) is 0 Å². The monoisotopic (exact) mass is 189 g/mol. The Morgan fingerprint density at radius 3 is 2.75 bits per heavy atom. The normalized spacial score (nSPS) is 12.5. The second-order valence-electron chi connectivity index (χ2n) is 2.26. The number of carbonyl (C=O) groups excluding carboxylic acids is 1. The number of hydrogen-bond donors (Lipinski definition) is 1. The van der Waals surface area contributed by atoms with Gasteiger partial charge >= 0.3 is 0 Å². The van der Waals surface area contributed by atoms with Crippen molar-refractivity contribution in [2.75, 3.05) is 20.3 Å². The topological polar surface area (TPSA) is 47.6 Å². The Bertz CT molecular complexity index is 130. The molecular weight excluding hydrogens is 176 g/mol. The van der Waals surface area contributed by atoms with Crippen molar-refractivity contribution in [1.29, 1.82) is 0 Å². The summed E-state index contributed by atoms with van der Waals surface area (Å²) in [5.41, 5.74) is 0. The van der Waals surface area contributed by atoms with Gasteiger partial charge in [-0.25, -0.2) is 0 Å². The fourth-order valence-electron chi connectivity index (χ4n) is 0.735. The summed E-state index contributed by atoms with van der Waals surface area (Å²) in [4.78, 5) is 10.8. The molecule has 6 heteroatoms. The summed E-state index contributed by atoms with van der Waals surface area (Å²) >= 11 is 0. The summed E-state index contributed by atoms with van der Waals surface area (Å²) in [7, 11) is 8.79. The molecule has 0 aromatic carbocycles. The average molecular weight is 189 g/mol. The molecule has 0 aliphatic rings. The zero-order chi connectivity index (χ0) is 9.40. The van der Waals surface area contributed by atoms with Gasteiger partial charge in [0.1, 0.15) is 0 Å². The molecule has 0 saturated carbocycles. The van der Waals surface area contributed by atoms with Crippen LogP contribution in [0.25, 0.3) is 0 Å². The van der Waals surface area contributed by atoms with Crippen molar-refractivity contribution >= 4 is 23.2 Å². The molecule has 0 fully saturated rings. The van der Waals surface area contributed by atoms with E-state index in [-0.39, 0.29) is 18.3 Å². The maximum Gasteiger partial charge on any atom is 0.211 e. The minimum atomic E-state index is -0.209. The molecule has 68 valence electrons. The summed E-state index contributed by atoms with van der Waals surface area (Å²) in [6, 6.07) is -0.136. The van der Waals surface area contributed by atoms with E-state index in [4.69, 9.17) is 17.1 Å². The van der Waals surface area contributed by atoms with E-state index < -0.39 is 0 Å². The third kappa shape index (κ3) is 5.52. The fourth-order valence-corrected chi connectivity index (χ4v) is 0.968. The number of methoxy groups -OCH3 is 1. The smallest absolute Gasteiger partial charge is 0.211 e. The van der Waals surface area contributed by atoms with Crippen LogP contribution in [-0.2, 0) is 14.1 Å². The highest BCUT2D eigenvalue weighted by Crippen LogP contribution is 1.92. The van der Waals surface area contributed by atoms with Crippen molar-refractivity contribution in [3.63, 3.8) is 0 Å². The number of carbonyl (C=O) groups is 1. The molecule has 0 spiro atoms. The quantitative estimate of drug-likeness (QED) is 0.453. The fraction of sp³-hybridized carbons (Fsp3) is 0.833. The summed E-state index contributed by atoms with van der Waals surface area (Å²) < 4.78 is 9.64. The summed E-state index contributed by atoms with van der Waals surface area (Å²) in [5, 5.41) is 2.64. The Kier molecular flexibility index (Phi) is 7.46. The van der Waals surface area contributed by atoms with Gasteiger partial charge < -0.3 is 14.6 Å². The van der Waals surface area contributed by atoms with Gasteiger partial charge in [-0.15, -0.1) is 0 Å². The second-order valence-corrected chi connectivity index (χ2v) is 2.59. The molecule has 2 radical (unpaired) electrons. The molecule has 0 aromatic rings. The minimum absolute atomic E-state index is 0.0168. The lowest BCUT2D eigenvalue weighted by atomic mass is 10.0. The van der Waals surface area contributed by atoms with Gasteiger partial charge in [-0.05, 0) is 6.32 Å². The highest BCUT2D eigenvalue weighted by Gasteiger charge is 2.09. The maximum absolute atomic E-state index is 10.8. The Morgan fingerprint density at radius 1 is 1.67 bits per heavy atom. The van der Waals surface area contributed by atoms with Crippen molar-refractivity contribution < 1.29 is 14.1 Å². The molecule has 1 N–H and O–H groups in total. The number of nitrogens with one attached hydrogen (secondary N) is 1. The largest absolute Gasteiger partial charge is 0.382 e. The Balaban J connectivity index is 3.68. The van der Waals surface area contributed by atoms with Crippen LogP contribution in [0, 0.1) is 0 Å². The molecule has 0 heterocycles. The first-order valence-electron chi connectivity index (χ1n) is 3.54. The molecule has 0 saturated heterocycles. The van der Waals surface area contributed by atoms with Crippen LogP contribution >= 0.6 is 9.47 Å². The number of ether oxygens (including phenoxy) is 1. The highest BCUT2D eigenvalue weighted by atomic mass is 31.0. The van der Waals surface area contributed by atoms with Gasteiger partial charge in [-0.3, -0.25) is 4.79 Å². The first kappa shape index (κ1) is 11.9. The Hall–Kier alpha value is -0.115. The molecular formula is C6H13BNO3P. The molecule has 0 aromatic heterocycles. The van der Waals surface area contributed by atoms with Gasteiger partial charge in [-0.2, -0.15) is 0 Å². The van der Waals surface area contributed by atoms with Gasteiger partial charge in [0.2, 0.25) is 5.91 Å². The third-order valence-corrected chi connectivity index (χ3v) is 1.41. The lowest BCUT2D eigenvalue weighted by Crippen LogP contribution is -2.40. The molecule has 0 aliphatic heterocycles. The van der Waals surface area contributed by atoms with Crippen LogP contribution in [0.4, 0.5) is 0 Å². The van der Waals surface area contributed by atoms with Crippen LogP contribution in [0.15, 0.2) is 0 Å². The van der Waals surface area contributed by atoms with Gasteiger partial charge in [-0.1, -0.05) is 0 Å². The predicted molar refractivity (Wildman–Crippen MR) is 50.0 cm³/mol. The van der Waals surface area contributed by atoms with Crippen molar-refractivity contribution in [3.05, 3.63) is 0 Å². The van der Waals surface area contributed by atoms with E-state index >= 15 is 0 Å². The van der Waals surface area contributed by atoms with Crippen LogP contribution in [0.3, 0.4) is 0 Å². The molecule has 0 rings (SSSR count). The Morgan fingerprint density at radius 2 is 2.33 bits per heavy atom. The lowest BCUT2D eigenvalue weighted by molar-refractivity contribution is -0.120. The lowest BCUT2D eigenvalue weighted by Gasteiger charge is -2.16. The molecule has 0 bridgehead atoms. The van der Waals surface area contributed by atoms with E-state index in [0.29, 0.717) is 13.2 Å². The first-order valence-corrected chi connectivity index (χ1v) is 4.01. The Labute approximate surface area is 76.1 Å². The van der Waals surface area contributed by atoms with E-state index in [0.717, 1.165) is 0 Å². The van der Waals surface area contributed by atoms with Crippen molar-refractivity contribution in [2.45, 2.75) is 12.4 Å². The van der Waals surface area contributed by atoms with Crippen LogP contribution < -0.4 is 5.32 Å². The maximum atomic E-state index is 10.8. The highest BCUT2D eigenvalue weighted by molar-refractivity contribution is 7.09. The molecule has 1 amide bonds. The van der Waals surface area contributed by atoms with E-state index in [9.17, 15) is 4.79 Å². The van der Waals surface area contributed by atoms with Crippen molar-refractivity contribution in [1.82, 2.24) is 5.32 Å². The van der Waals surface area contributed by atoms with Crippen molar-refractivity contribution in [2.24, 2.45) is 0 Å². The van der Waals surface area contributed by atoms with E-state index in [1.807, 2.05) is 0 Å². The summed E-state index contributed by atoms with van der Waals surface area (Å²) in [6.45, 7) is 0.810. The van der Waals surface area contributed by atoms with Crippen LogP contribution in [0.1, 0.15) is 0 Å². The summed E-state index contributed by atoms with van der Waals surface area (Å²) in [5.74, 6) is -0.209. The second kappa shape index (κ2) is 7.53. The SMILES string of the molecule is [B]CC(=O)NC(COC)COP. The number of amides is 1. The zero-order valence-electron chi connectivity index (χ0n) is 7.08. The number of hydrogen-bond acceptors (Lipinski definition) is 3. The van der Waals surface area contributed by atoms with Gasteiger partial charge in [0.25, 0.3) is 0 Å². The van der Waals surface area contributed by atoms with E-state index in [2.05, 4.69) is 14.8 Å². The third-order valence-electron chi connectivity index (χ3n) is 1.22. The van der Waals surface area contributed by atoms with E-state index in [1.165, 1.54) is 0 Å². The van der Waals surface area contributed by atoms with Gasteiger partial charge in [0.05, 0.1) is 27.1 Å². The van der Waals surface area contributed by atoms with Crippen molar-refractivity contribution in [3.8, 4) is 0 Å². The van der Waals surface area contributed by atoms with Gasteiger partial charge in [0.15, 0.2) is 0 Å². The number of rotatable bonds is 6. The average Bonchev–Trinajstić information content (AvgIpc) is 2.05. The van der Waals surface area contributed by atoms with Crippen LogP contribution in [-0.4, -0.2) is 40.1 Å². The predicted octanol–water partition coefficient (Wildman–Crippen LogP) is -0.489. The molecule has 2 atom stereocenters. The first-order chi connectivity index (χ1) is 5.74. The molecule has 0 aliphatic carbocycles. The van der Waals surface area contributed by atoms with E-state index in [1.54, 1.807) is 7.11 Å². The van der Waals surface area contributed by atoms with Crippen LogP contribution in [0.2, 0.25) is 6.32 Å². The standard InChI is InChI=1S/C6H13BNO3P/c1-10-3-5(4-11-12)8-6(9)2-7/h5H,2-4,12H2,1H3,(H,8,9). The molecule has 4 nitrogen and oxygen atoms in total.